The van der Waals surface area contributed by atoms with Gasteiger partial charge in [-0.05, 0) is 24.7 Å². The zero-order valence-corrected chi connectivity index (χ0v) is 11.5. The van der Waals surface area contributed by atoms with E-state index in [9.17, 15) is 13.2 Å². The van der Waals surface area contributed by atoms with Crippen LogP contribution >= 0.6 is 15.9 Å². The number of alkyl halides is 3. The number of rotatable bonds is 6. The minimum absolute atomic E-state index is 0.0385. The molecule has 0 aromatic heterocycles. The molecule has 0 saturated carbocycles. The van der Waals surface area contributed by atoms with Gasteiger partial charge in [0.05, 0.1) is 6.61 Å². The van der Waals surface area contributed by atoms with Gasteiger partial charge in [0, 0.05) is 16.9 Å². The first-order valence-corrected chi connectivity index (χ1v) is 6.26. The third-order valence-electron chi connectivity index (χ3n) is 2.36. The fourth-order valence-electron chi connectivity index (χ4n) is 1.60. The lowest BCUT2D eigenvalue weighted by Gasteiger charge is -2.18. The number of halogens is 4. The normalized spacial score (nSPS) is 13.6. The topological polar surface area (TPSA) is 21.3 Å². The largest absolute Gasteiger partial charge is 0.411 e. The van der Waals surface area contributed by atoms with Gasteiger partial charge < -0.3 is 10.1 Å². The number of nitrogens with one attached hydrogen (secondary N) is 1. The average molecular weight is 326 g/mol. The van der Waals surface area contributed by atoms with Gasteiger partial charge in [0.1, 0.15) is 6.61 Å². The summed E-state index contributed by atoms with van der Waals surface area (Å²) in [6, 6.07) is 7.49. The van der Waals surface area contributed by atoms with Crippen LogP contribution in [-0.2, 0) is 4.74 Å². The smallest absolute Gasteiger partial charge is 0.371 e. The summed E-state index contributed by atoms with van der Waals surface area (Å²) < 4.78 is 41.7. The molecule has 0 heterocycles. The minimum Gasteiger partial charge on any atom is -0.371 e. The standard InChI is InChI=1S/C12H15BrF3NO/c1-17-6-10(7-18-8-12(14,15)16)9-3-2-4-11(13)5-9/h2-5,10,17H,6-8H2,1H3. The SMILES string of the molecule is CNCC(COCC(F)(F)F)c1cccc(Br)c1. The van der Waals surface area contributed by atoms with E-state index >= 15 is 0 Å². The van der Waals surface area contributed by atoms with Gasteiger partial charge in [-0.1, -0.05) is 28.1 Å². The van der Waals surface area contributed by atoms with Crippen molar-refractivity contribution in [2.75, 3.05) is 26.8 Å². The molecule has 18 heavy (non-hydrogen) atoms. The quantitative estimate of drug-likeness (QED) is 0.866. The van der Waals surface area contributed by atoms with Crippen LogP contribution in [0.3, 0.4) is 0 Å². The van der Waals surface area contributed by atoms with Crippen molar-refractivity contribution in [2.24, 2.45) is 0 Å². The zero-order valence-electron chi connectivity index (χ0n) is 9.93. The van der Waals surface area contributed by atoms with E-state index in [4.69, 9.17) is 4.74 Å². The first-order valence-electron chi connectivity index (χ1n) is 5.47. The summed E-state index contributed by atoms with van der Waals surface area (Å²) in [5.74, 6) is -0.102. The van der Waals surface area contributed by atoms with Gasteiger partial charge in [-0.2, -0.15) is 13.2 Å². The molecule has 1 aromatic rings. The van der Waals surface area contributed by atoms with Gasteiger partial charge in [0.2, 0.25) is 0 Å². The fraction of sp³-hybridized carbons (Fsp3) is 0.500. The number of hydrogen-bond acceptors (Lipinski definition) is 2. The highest BCUT2D eigenvalue weighted by atomic mass is 79.9. The molecule has 0 aliphatic rings. The van der Waals surface area contributed by atoms with Crippen LogP contribution in [0.15, 0.2) is 28.7 Å². The summed E-state index contributed by atoms with van der Waals surface area (Å²) >= 11 is 3.34. The summed E-state index contributed by atoms with van der Waals surface area (Å²) in [5, 5.41) is 2.96. The van der Waals surface area contributed by atoms with Gasteiger partial charge in [-0.3, -0.25) is 0 Å². The van der Waals surface area contributed by atoms with Crippen molar-refractivity contribution in [3.05, 3.63) is 34.3 Å². The van der Waals surface area contributed by atoms with Crippen molar-refractivity contribution in [1.82, 2.24) is 5.32 Å². The highest BCUT2D eigenvalue weighted by molar-refractivity contribution is 9.10. The lowest BCUT2D eigenvalue weighted by molar-refractivity contribution is -0.174. The second kappa shape index (κ2) is 7.11. The molecule has 0 fully saturated rings. The first-order chi connectivity index (χ1) is 8.42. The van der Waals surface area contributed by atoms with Gasteiger partial charge in [0.25, 0.3) is 0 Å². The fourth-order valence-corrected chi connectivity index (χ4v) is 2.01. The number of hydrogen-bond donors (Lipinski definition) is 1. The molecule has 0 saturated heterocycles. The maximum Gasteiger partial charge on any atom is 0.411 e. The van der Waals surface area contributed by atoms with E-state index in [1.165, 1.54) is 0 Å². The molecule has 1 atom stereocenters. The van der Waals surface area contributed by atoms with E-state index in [2.05, 4.69) is 21.2 Å². The van der Waals surface area contributed by atoms with E-state index in [0.29, 0.717) is 6.54 Å². The van der Waals surface area contributed by atoms with E-state index in [-0.39, 0.29) is 12.5 Å². The Morgan fingerprint density at radius 3 is 2.67 bits per heavy atom. The van der Waals surface area contributed by atoms with E-state index in [0.717, 1.165) is 10.0 Å². The molecule has 1 rings (SSSR count). The molecule has 102 valence electrons. The Labute approximate surface area is 113 Å². The second-order valence-corrected chi connectivity index (χ2v) is 4.86. The molecule has 1 N–H and O–H groups in total. The Bertz CT molecular complexity index is 371. The number of ether oxygens (including phenoxy) is 1. The third-order valence-corrected chi connectivity index (χ3v) is 2.85. The third kappa shape index (κ3) is 5.84. The maximum absolute atomic E-state index is 12.0. The highest BCUT2D eigenvalue weighted by Crippen LogP contribution is 2.21. The monoisotopic (exact) mass is 325 g/mol. The van der Waals surface area contributed by atoms with Crippen LogP contribution in [0.1, 0.15) is 11.5 Å². The number of benzene rings is 1. The van der Waals surface area contributed by atoms with Crippen LogP contribution < -0.4 is 5.32 Å². The molecule has 0 bridgehead atoms. The maximum atomic E-state index is 12.0. The van der Waals surface area contributed by atoms with E-state index < -0.39 is 12.8 Å². The summed E-state index contributed by atoms with van der Waals surface area (Å²) in [4.78, 5) is 0. The van der Waals surface area contributed by atoms with Crippen molar-refractivity contribution in [1.29, 1.82) is 0 Å². The summed E-state index contributed by atoms with van der Waals surface area (Å²) in [5.41, 5.74) is 0.945. The molecule has 2 nitrogen and oxygen atoms in total. The van der Waals surface area contributed by atoms with Gasteiger partial charge in [0.15, 0.2) is 0 Å². The van der Waals surface area contributed by atoms with Crippen molar-refractivity contribution in [2.45, 2.75) is 12.1 Å². The molecule has 0 spiro atoms. The molecule has 0 amide bonds. The molecular formula is C12H15BrF3NO. The summed E-state index contributed by atoms with van der Waals surface area (Å²) in [7, 11) is 1.76. The Balaban J connectivity index is 2.60. The summed E-state index contributed by atoms with van der Waals surface area (Å²) in [6.45, 7) is -0.605. The van der Waals surface area contributed by atoms with Crippen molar-refractivity contribution in [3.8, 4) is 0 Å². The molecule has 0 aliphatic carbocycles. The molecule has 1 unspecified atom stereocenters. The van der Waals surface area contributed by atoms with Gasteiger partial charge in [-0.15, -0.1) is 0 Å². The zero-order chi connectivity index (χ0) is 13.6. The highest BCUT2D eigenvalue weighted by Gasteiger charge is 2.28. The Morgan fingerprint density at radius 1 is 1.39 bits per heavy atom. The first kappa shape index (κ1) is 15.5. The van der Waals surface area contributed by atoms with Crippen molar-refractivity contribution in [3.63, 3.8) is 0 Å². The molecule has 6 heteroatoms. The van der Waals surface area contributed by atoms with Crippen LogP contribution in [0.4, 0.5) is 13.2 Å². The summed E-state index contributed by atoms with van der Waals surface area (Å²) in [6.07, 6.45) is -4.28. The van der Waals surface area contributed by atoms with Crippen LogP contribution in [0.25, 0.3) is 0 Å². The predicted octanol–water partition coefficient (Wildman–Crippen LogP) is 3.33. The van der Waals surface area contributed by atoms with Crippen molar-refractivity contribution < 1.29 is 17.9 Å². The second-order valence-electron chi connectivity index (χ2n) is 3.94. The molecule has 1 aromatic carbocycles. The minimum atomic E-state index is -4.28. The Kier molecular flexibility index (Phi) is 6.11. The van der Waals surface area contributed by atoms with E-state index in [1.54, 1.807) is 7.05 Å². The van der Waals surface area contributed by atoms with Crippen LogP contribution in [0.2, 0.25) is 0 Å². The molecule has 0 radical (unpaired) electrons. The molecule has 0 aliphatic heterocycles. The van der Waals surface area contributed by atoms with Crippen LogP contribution in [0, 0.1) is 0 Å². The van der Waals surface area contributed by atoms with Crippen LogP contribution in [-0.4, -0.2) is 33.0 Å². The van der Waals surface area contributed by atoms with E-state index in [1.807, 2.05) is 24.3 Å². The van der Waals surface area contributed by atoms with Gasteiger partial charge >= 0.3 is 6.18 Å². The van der Waals surface area contributed by atoms with Crippen molar-refractivity contribution >= 4 is 15.9 Å². The van der Waals surface area contributed by atoms with Gasteiger partial charge in [-0.25, -0.2) is 0 Å². The predicted molar refractivity (Wildman–Crippen MR) is 67.7 cm³/mol. The molecular weight excluding hydrogens is 311 g/mol. The lowest BCUT2D eigenvalue weighted by atomic mass is 10.0. The van der Waals surface area contributed by atoms with Crippen LogP contribution in [0.5, 0.6) is 0 Å². The lowest BCUT2D eigenvalue weighted by Crippen LogP contribution is -2.25. The number of likely N-dealkylation sites (N-methyl/N-ethyl adjacent to an activating group) is 1. The average Bonchev–Trinajstić information content (AvgIpc) is 2.26. The Morgan fingerprint density at radius 2 is 2.11 bits per heavy atom. The Hall–Kier alpha value is -0.590.